The lowest BCUT2D eigenvalue weighted by Crippen LogP contribution is -2.17. The fraction of sp³-hybridized carbons (Fsp3) is 0.143. The minimum absolute atomic E-state index is 0.0351. The average molecular weight is 375 g/mol. The van der Waals surface area contributed by atoms with Gasteiger partial charge in [0.05, 0.1) is 0 Å². The molecule has 7 nitrogen and oxygen atoms in total. The van der Waals surface area contributed by atoms with Gasteiger partial charge < -0.3 is 16.4 Å². The van der Waals surface area contributed by atoms with Gasteiger partial charge in [0.1, 0.15) is 5.69 Å². The van der Waals surface area contributed by atoms with Crippen LogP contribution in [0.5, 0.6) is 0 Å². The Bertz CT molecular complexity index is 1010. The van der Waals surface area contributed by atoms with Crippen molar-refractivity contribution in [1.82, 2.24) is 9.97 Å². The second-order valence-electron chi connectivity index (χ2n) is 6.25. The van der Waals surface area contributed by atoms with Crippen LogP contribution in [0.3, 0.4) is 0 Å². The molecule has 0 aliphatic rings. The standard InChI is InChI=1S/C21H21N5O2/c1-3-14-7-4-5-10-17(14)25-19(27)15-8-6-9-16(12-15)24-20(28)18-11-13(2)23-21(22)26-18/h4-12H,3H2,1-2H3,(H,24,28)(H,25,27)(H2,22,23,26). The normalized spacial score (nSPS) is 10.4. The number of nitrogens with one attached hydrogen (secondary N) is 2. The summed E-state index contributed by atoms with van der Waals surface area (Å²) in [5.41, 5.74) is 9.10. The Morgan fingerprint density at radius 3 is 2.50 bits per heavy atom. The van der Waals surface area contributed by atoms with Crippen LogP contribution >= 0.6 is 0 Å². The number of para-hydroxylation sites is 1. The third kappa shape index (κ3) is 4.50. The summed E-state index contributed by atoms with van der Waals surface area (Å²) >= 11 is 0. The van der Waals surface area contributed by atoms with E-state index in [0.717, 1.165) is 17.7 Å². The third-order valence-electron chi connectivity index (χ3n) is 4.13. The molecule has 4 N–H and O–H groups in total. The minimum Gasteiger partial charge on any atom is -0.368 e. The number of aromatic nitrogens is 2. The van der Waals surface area contributed by atoms with Gasteiger partial charge in [0.2, 0.25) is 5.95 Å². The first-order valence-corrected chi connectivity index (χ1v) is 8.88. The Labute approximate surface area is 163 Å². The summed E-state index contributed by atoms with van der Waals surface area (Å²) in [5.74, 6) is -0.641. The van der Waals surface area contributed by atoms with Crippen LogP contribution in [0.4, 0.5) is 17.3 Å². The van der Waals surface area contributed by atoms with Crippen molar-refractivity contribution in [1.29, 1.82) is 0 Å². The molecule has 1 aromatic heterocycles. The van der Waals surface area contributed by atoms with Crippen molar-refractivity contribution in [2.24, 2.45) is 0 Å². The van der Waals surface area contributed by atoms with Crippen LogP contribution in [-0.4, -0.2) is 21.8 Å². The fourth-order valence-electron chi connectivity index (χ4n) is 2.79. The minimum atomic E-state index is -0.425. The number of nitrogen functional groups attached to an aromatic ring is 1. The fourth-order valence-corrected chi connectivity index (χ4v) is 2.79. The molecule has 3 rings (SSSR count). The van der Waals surface area contributed by atoms with Crippen LogP contribution in [0.25, 0.3) is 0 Å². The molecule has 0 spiro atoms. The van der Waals surface area contributed by atoms with Crippen molar-refractivity contribution in [3.8, 4) is 0 Å². The molecular weight excluding hydrogens is 354 g/mol. The van der Waals surface area contributed by atoms with Gasteiger partial charge in [0.25, 0.3) is 11.8 Å². The topological polar surface area (TPSA) is 110 Å². The third-order valence-corrected chi connectivity index (χ3v) is 4.13. The highest BCUT2D eigenvalue weighted by Gasteiger charge is 2.12. The van der Waals surface area contributed by atoms with Crippen molar-refractivity contribution in [2.45, 2.75) is 20.3 Å². The zero-order valence-electron chi connectivity index (χ0n) is 15.7. The summed E-state index contributed by atoms with van der Waals surface area (Å²) in [6, 6.07) is 15.9. The van der Waals surface area contributed by atoms with E-state index in [9.17, 15) is 9.59 Å². The molecule has 28 heavy (non-hydrogen) atoms. The van der Waals surface area contributed by atoms with Gasteiger partial charge >= 0.3 is 0 Å². The predicted octanol–water partition coefficient (Wildman–Crippen LogP) is 3.43. The Morgan fingerprint density at radius 1 is 0.964 bits per heavy atom. The molecule has 0 saturated heterocycles. The molecule has 0 unspecified atom stereocenters. The highest BCUT2D eigenvalue weighted by Crippen LogP contribution is 2.18. The van der Waals surface area contributed by atoms with Gasteiger partial charge in [0.15, 0.2) is 0 Å². The molecule has 2 amide bonds. The van der Waals surface area contributed by atoms with E-state index in [1.807, 2.05) is 31.2 Å². The Morgan fingerprint density at radius 2 is 1.75 bits per heavy atom. The van der Waals surface area contributed by atoms with Gasteiger partial charge in [-0.25, -0.2) is 9.97 Å². The van der Waals surface area contributed by atoms with Gasteiger partial charge in [-0.2, -0.15) is 0 Å². The van der Waals surface area contributed by atoms with Crippen molar-refractivity contribution < 1.29 is 9.59 Å². The van der Waals surface area contributed by atoms with E-state index in [0.29, 0.717) is 16.9 Å². The van der Waals surface area contributed by atoms with Crippen LogP contribution in [0.1, 0.15) is 39.0 Å². The number of hydrogen-bond acceptors (Lipinski definition) is 5. The van der Waals surface area contributed by atoms with Crippen molar-refractivity contribution in [3.05, 3.63) is 77.1 Å². The summed E-state index contributed by atoms with van der Waals surface area (Å²) in [7, 11) is 0. The van der Waals surface area contributed by atoms with Crippen molar-refractivity contribution in [3.63, 3.8) is 0 Å². The molecular formula is C21H21N5O2. The molecule has 2 aromatic carbocycles. The van der Waals surface area contributed by atoms with Crippen LogP contribution < -0.4 is 16.4 Å². The number of carbonyl (C=O) groups excluding carboxylic acids is 2. The van der Waals surface area contributed by atoms with Gasteiger partial charge in [-0.05, 0) is 49.2 Å². The number of hydrogen-bond donors (Lipinski definition) is 3. The second kappa shape index (κ2) is 8.30. The molecule has 1 heterocycles. The maximum Gasteiger partial charge on any atom is 0.274 e. The van der Waals surface area contributed by atoms with E-state index in [2.05, 4.69) is 20.6 Å². The Balaban J connectivity index is 1.76. The average Bonchev–Trinajstić information content (AvgIpc) is 2.68. The zero-order chi connectivity index (χ0) is 20.1. The number of amides is 2. The number of carbonyl (C=O) groups is 2. The van der Waals surface area contributed by atoms with E-state index in [1.54, 1.807) is 37.3 Å². The quantitative estimate of drug-likeness (QED) is 0.633. The summed E-state index contributed by atoms with van der Waals surface area (Å²) in [4.78, 5) is 32.9. The van der Waals surface area contributed by atoms with Gasteiger partial charge in [0, 0.05) is 22.6 Å². The lowest BCUT2D eigenvalue weighted by Gasteiger charge is -2.11. The summed E-state index contributed by atoms with van der Waals surface area (Å²) < 4.78 is 0. The maximum absolute atomic E-state index is 12.6. The van der Waals surface area contributed by atoms with Gasteiger partial charge in [-0.15, -0.1) is 0 Å². The zero-order valence-corrected chi connectivity index (χ0v) is 15.7. The molecule has 0 fully saturated rings. The Kier molecular flexibility index (Phi) is 5.64. The van der Waals surface area contributed by atoms with E-state index < -0.39 is 5.91 Å². The van der Waals surface area contributed by atoms with Crippen molar-refractivity contribution >= 4 is 29.1 Å². The van der Waals surface area contributed by atoms with Gasteiger partial charge in [-0.1, -0.05) is 31.2 Å². The van der Waals surface area contributed by atoms with Crippen LogP contribution in [0.15, 0.2) is 54.6 Å². The predicted molar refractivity (Wildman–Crippen MR) is 109 cm³/mol. The first kappa shape index (κ1) is 19.0. The Hall–Kier alpha value is -3.74. The van der Waals surface area contributed by atoms with E-state index >= 15 is 0 Å². The SMILES string of the molecule is CCc1ccccc1NC(=O)c1cccc(NC(=O)c2cc(C)nc(N)n2)c1. The molecule has 0 aliphatic carbocycles. The number of benzene rings is 2. The van der Waals surface area contributed by atoms with Crippen LogP contribution in [0, 0.1) is 6.92 Å². The largest absolute Gasteiger partial charge is 0.368 e. The number of rotatable bonds is 5. The number of nitrogens with two attached hydrogens (primary N) is 1. The molecule has 142 valence electrons. The smallest absolute Gasteiger partial charge is 0.274 e. The molecule has 0 bridgehead atoms. The van der Waals surface area contributed by atoms with E-state index in [1.165, 1.54) is 0 Å². The summed E-state index contributed by atoms with van der Waals surface area (Å²) in [6.07, 6.45) is 0.814. The molecule has 0 radical (unpaired) electrons. The lowest BCUT2D eigenvalue weighted by molar-refractivity contribution is 0.101. The first-order chi connectivity index (χ1) is 13.5. The first-order valence-electron chi connectivity index (χ1n) is 8.88. The van der Waals surface area contributed by atoms with Crippen LogP contribution in [-0.2, 0) is 6.42 Å². The number of nitrogens with zero attached hydrogens (tertiary/aromatic N) is 2. The monoisotopic (exact) mass is 375 g/mol. The molecule has 7 heteroatoms. The van der Waals surface area contributed by atoms with E-state index in [-0.39, 0.29) is 17.5 Å². The molecule has 0 saturated carbocycles. The highest BCUT2D eigenvalue weighted by molar-refractivity contribution is 6.07. The second-order valence-corrected chi connectivity index (χ2v) is 6.25. The lowest BCUT2D eigenvalue weighted by atomic mass is 10.1. The number of anilines is 3. The van der Waals surface area contributed by atoms with Gasteiger partial charge in [-0.3, -0.25) is 9.59 Å². The maximum atomic E-state index is 12.6. The van der Waals surface area contributed by atoms with Crippen molar-refractivity contribution in [2.75, 3.05) is 16.4 Å². The summed E-state index contributed by atoms with van der Waals surface area (Å²) in [5, 5.41) is 5.65. The molecule has 0 aliphatic heterocycles. The molecule has 3 aromatic rings. The number of aryl methyl sites for hydroxylation is 2. The van der Waals surface area contributed by atoms with E-state index in [4.69, 9.17) is 5.73 Å². The van der Waals surface area contributed by atoms with Crippen LogP contribution in [0.2, 0.25) is 0 Å². The molecule has 0 atom stereocenters. The summed E-state index contributed by atoms with van der Waals surface area (Å²) in [6.45, 7) is 3.76. The highest BCUT2D eigenvalue weighted by atomic mass is 16.2.